The van der Waals surface area contributed by atoms with Crippen LogP contribution in [0.4, 0.5) is 5.13 Å². The van der Waals surface area contributed by atoms with E-state index in [-0.39, 0.29) is 5.78 Å². The zero-order chi connectivity index (χ0) is 23.2. The van der Waals surface area contributed by atoms with E-state index in [1.54, 1.807) is 18.4 Å². The summed E-state index contributed by atoms with van der Waals surface area (Å²) >= 11 is 3.08. The smallest absolute Gasteiger partial charge is 0.209 e. The lowest BCUT2D eigenvalue weighted by Gasteiger charge is -2.01. The highest BCUT2D eigenvalue weighted by Crippen LogP contribution is 2.25. The molecule has 0 amide bonds. The molecule has 3 heterocycles. The van der Waals surface area contributed by atoms with Crippen LogP contribution in [0.3, 0.4) is 0 Å². The molecular formula is C23H26N6O2S2. The molecule has 3 aromatic heterocycles. The van der Waals surface area contributed by atoms with E-state index in [0.717, 1.165) is 73.8 Å². The fourth-order valence-corrected chi connectivity index (χ4v) is 5.25. The van der Waals surface area contributed by atoms with Crippen molar-refractivity contribution in [1.29, 1.82) is 0 Å². The number of ketones is 1. The Morgan fingerprint density at radius 2 is 1.79 bits per heavy atom. The Hall–Kier alpha value is -3.11. The number of ether oxygens (including phenoxy) is 1. The Morgan fingerprint density at radius 1 is 1.06 bits per heavy atom. The molecule has 0 radical (unpaired) electrons. The van der Waals surface area contributed by atoms with Crippen molar-refractivity contribution in [2.75, 3.05) is 12.4 Å². The quantitative estimate of drug-likeness (QED) is 0.281. The highest BCUT2D eigenvalue weighted by molar-refractivity contribution is 7.15. The number of carbonyl (C=O) groups excluding carboxylic acids is 1. The molecule has 4 rings (SSSR count). The molecule has 33 heavy (non-hydrogen) atoms. The van der Waals surface area contributed by atoms with Gasteiger partial charge in [-0.15, -0.1) is 31.7 Å². The van der Waals surface area contributed by atoms with E-state index >= 15 is 0 Å². The van der Waals surface area contributed by atoms with Crippen LogP contribution in [0, 0.1) is 0 Å². The maximum Gasteiger partial charge on any atom is 0.209 e. The van der Waals surface area contributed by atoms with Crippen LogP contribution in [0.15, 0.2) is 36.7 Å². The van der Waals surface area contributed by atoms with E-state index in [9.17, 15) is 4.79 Å². The van der Waals surface area contributed by atoms with E-state index in [2.05, 4.69) is 37.3 Å². The summed E-state index contributed by atoms with van der Waals surface area (Å²) in [5.41, 5.74) is 2.82. The molecule has 0 aliphatic heterocycles. The fraction of sp³-hybridized carbons (Fsp3) is 0.348. The number of benzene rings is 1. The summed E-state index contributed by atoms with van der Waals surface area (Å²) in [7, 11) is 1.64. The van der Waals surface area contributed by atoms with Crippen LogP contribution in [-0.4, -0.2) is 38.3 Å². The number of H-pyrrole nitrogens is 1. The van der Waals surface area contributed by atoms with Crippen LogP contribution in [-0.2, 0) is 30.5 Å². The minimum Gasteiger partial charge on any atom is -0.497 e. The molecule has 0 unspecified atom stereocenters. The second-order valence-electron chi connectivity index (χ2n) is 7.82. The zero-order valence-electron chi connectivity index (χ0n) is 18.7. The van der Waals surface area contributed by atoms with Crippen molar-refractivity contribution in [3.05, 3.63) is 57.3 Å². The van der Waals surface area contributed by atoms with Gasteiger partial charge in [0, 0.05) is 42.1 Å². The number of aromatic amines is 1. The zero-order valence-corrected chi connectivity index (χ0v) is 20.3. The number of anilines is 1. The summed E-state index contributed by atoms with van der Waals surface area (Å²) in [4.78, 5) is 15.9. The molecule has 4 aromatic rings. The monoisotopic (exact) mass is 482 g/mol. The number of carbonyl (C=O) groups is 1. The number of Topliss-reactive ketones (excluding diaryl/α,β-unsaturated/α-hetero) is 1. The van der Waals surface area contributed by atoms with Crippen molar-refractivity contribution in [2.45, 2.75) is 45.4 Å². The van der Waals surface area contributed by atoms with Crippen molar-refractivity contribution < 1.29 is 9.53 Å². The first kappa shape index (κ1) is 23.1. The second kappa shape index (κ2) is 10.7. The maximum absolute atomic E-state index is 12.6. The van der Waals surface area contributed by atoms with Crippen molar-refractivity contribution >= 4 is 44.5 Å². The molecule has 0 aliphatic carbocycles. The number of hydrogen-bond acceptors (Lipinski definition) is 9. The molecule has 0 saturated heterocycles. The predicted octanol–water partition coefficient (Wildman–Crippen LogP) is 4.74. The average Bonchev–Trinajstić information content (AvgIpc) is 3.51. The first-order chi connectivity index (χ1) is 16.0. The molecule has 0 fully saturated rings. The molecule has 2 N–H and O–H groups in total. The first-order valence-electron chi connectivity index (χ1n) is 10.7. The van der Waals surface area contributed by atoms with Crippen molar-refractivity contribution in [3.8, 4) is 5.75 Å². The third kappa shape index (κ3) is 6.23. The van der Waals surface area contributed by atoms with Gasteiger partial charge in [0.15, 0.2) is 0 Å². The van der Waals surface area contributed by atoms with Crippen LogP contribution in [0.5, 0.6) is 5.75 Å². The number of methoxy groups -OCH3 is 1. The van der Waals surface area contributed by atoms with E-state index in [4.69, 9.17) is 4.74 Å². The first-order valence-corrected chi connectivity index (χ1v) is 12.4. The Labute approximate surface area is 200 Å². The largest absolute Gasteiger partial charge is 0.497 e. The molecule has 1 aromatic carbocycles. The highest BCUT2D eigenvalue weighted by Gasteiger charge is 2.13. The van der Waals surface area contributed by atoms with E-state index in [0.29, 0.717) is 12.8 Å². The van der Waals surface area contributed by atoms with Crippen LogP contribution < -0.4 is 10.1 Å². The average molecular weight is 483 g/mol. The van der Waals surface area contributed by atoms with Gasteiger partial charge in [-0.3, -0.25) is 4.79 Å². The van der Waals surface area contributed by atoms with Gasteiger partial charge in [0.2, 0.25) is 5.13 Å². The van der Waals surface area contributed by atoms with E-state index < -0.39 is 0 Å². The predicted molar refractivity (Wildman–Crippen MR) is 132 cm³/mol. The minimum atomic E-state index is 0.122. The number of nitrogens with one attached hydrogen (secondary N) is 2. The lowest BCUT2D eigenvalue weighted by atomic mass is 10.1. The molecule has 10 heteroatoms. The Bertz CT molecular complexity index is 1260. The van der Waals surface area contributed by atoms with Gasteiger partial charge in [-0.1, -0.05) is 17.9 Å². The second-order valence-corrected chi connectivity index (χ2v) is 10.0. The number of aryl methyl sites for hydroxylation is 2. The van der Waals surface area contributed by atoms with Gasteiger partial charge in [-0.25, -0.2) is 0 Å². The normalized spacial score (nSPS) is 11.1. The Morgan fingerprint density at radius 3 is 2.55 bits per heavy atom. The van der Waals surface area contributed by atoms with Crippen molar-refractivity contribution in [1.82, 2.24) is 25.4 Å². The lowest BCUT2D eigenvalue weighted by molar-refractivity contribution is -0.117. The van der Waals surface area contributed by atoms with Gasteiger partial charge in [0.1, 0.15) is 26.6 Å². The van der Waals surface area contributed by atoms with Gasteiger partial charge >= 0.3 is 0 Å². The standard InChI is InChI=1S/C23H26N6O2S2/c1-14(2)25-23-29-27-21(33-23)7-5-4-6-20-26-28-22(32-20)11-16(30)10-15-13-24-19-9-8-17(31-3)12-18(15)19/h8-9,12-13,24H,1,4-7,10-11H2,2-3H3,(H,25,29). The van der Waals surface area contributed by atoms with E-state index in [1.807, 2.05) is 31.3 Å². The summed E-state index contributed by atoms with van der Waals surface area (Å²) < 4.78 is 5.30. The fourth-order valence-electron chi connectivity index (χ4n) is 3.48. The van der Waals surface area contributed by atoms with E-state index in [1.165, 1.54) is 11.3 Å². The van der Waals surface area contributed by atoms with Crippen LogP contribution >= 0.6 is 22.7 Å². The number of rotatable bonds is 12. The molecule has 0 bridgehead atoms. The van der Waals surface area contributed by atoms with Gasteiger partial charge in [-0.05, 0) is 43.5 Å². The number of fused-ring (bicyclic) bond motifs is 1. The van der Waals surface area contributed by atoms with Gasteiger partial charge in [0.25, 0.3) is 0 Å². The highest BCUT2D eigenvalue weighted by atomic mass is 32.1. The number of nitrogens with zero attached hydrogens (tertiary/aromatic N) is 4. The molecule has 0 atom stereocenters. The Balaban J connectivity index is 1.23. The number of hydrogen-bond donors (Lipinski definition) is 2. The maximum atomic E-state index is 12.6. The minimum absolute atomic E-state index is 0.122. The Kier molecular flexibility index (Phi) is 7.46. The summed E-state index contributed by atoms with van der Waals surface area (Å²) in [5.74, 6) is 0.900. The molecule has 172 valence electrons. The number of allylic oxidation sites excluding steroid dienone is 1. The van der Waals surface area contributed by atoms with Crippen LogP contribution in [0.1, 0.15) is 40.4 Å². The van der Waals surface area contributed by atoms with Crippen LogP contribution in [0.25, 0.3) is 10.9 Å². The summed E-state index contributed by atoms with van der Waals surface area (Å²) in [5, 5.41) is 24.4. The SMILES string of the molecule is C=C(C)Nc1nnc(CCCCc2nnc(CC(=O)Cc3c[nH]c4ccc(OC)cc34)s2)s1. The molecule has 0 aliphatic rings. The summed E-state index contributed by atoms with van der Waals surface area (Å²) in [6, 6.07) is 5.82. The molecular weight excluding hydrogens is 456 g/mol. The van der Waals surface area contributed by atoms with Crippen LogP contribution in [0.2, 0.25) is 0 Å². The third-order valence-electron chi connectivity index (χ3n) is 5.04. The molecule has 0 spiro atoms. The lowest BCUT2D eigenvalue weighted by Crippen LogP contribution is -2.06. The summed E-state index contributed by atoms with van der Waals surface area (Å²) in [6.07, 6.45) is 6.27. The molecule has 8 nitrogen and oxygen atoms in total. The van der Waals surface area contributed by atoms with Gasteiger partial charge < -0.3 is 15.0 Å². The molecule has 0 saturated carbocycles. The van der Waals surface area contributed by atoms with Gasteiger partial charge in [-0.2, -0.15) is 0 Å². The topological polar surface area (TPSA) is 106 Å². The van der Waals surface area contributed by atoms with Crippen molar-refractivity contribution in [3.63, 3.8) is 0 Å². The third-order valence-corrected chi connectivity index (χ3v) is 6.92. The van der Waals surface area contributed by atoms with Gasteiger partial charge in [0.05, 0.1) is 13.5 Å². The van der Waals surface area contributed by atoms with Crippen molar-refractivity contribution in [2.24, 2.45) is 0 Å². The number of unbranched alkanes of at least 4 members (excludes halogenated alkanes) is 1. The number of aromatic nitrogens is 5. The summed E-state index contributed by atoms with van der Waals surface area (Å²) in [6.45, 7) is 5.71.